The van der Waals surface area contributed by atoms with Gasteiger partial charge in [-0.1, -0.05) is 6.07 Å². The Morgan fingerprint density at radius 2 is 0.952 bits per heavy atom. The minimum Gasteiger partial charge on any atom is -0.504 e. The number of benzene rings is 1. The van der Waals surface area contributed by atoms with Crippen molar-refractivity contribution >= 4 is 0 Å². The first-order chi connectivity index (χ1) is 10.0. The van der Waals surface area contributed by atoms with Crippen LogP contribution in [0.4, 0.5) is 0 Å². The molecule has 0 radical (unpaired) electrons. The standard InChI is InChI=1S/C18H20N2O/c1-12-8-9-13(2)19(12)16-6-5-7-17(18(16)21)20-14(3)10-11-15(20)4/h5-11,21H,1-4H3. The number of hydrogen-bond donors (Lipinski definition) is 1. The minimum atomic E-state index is 0.308. The summed E-state index contributed by atoms with van der Waals surface area (Å²) in [5, 5.41) is 10.8. The largest absolute Gasteiger partial charge is 0.504 e. The second kappa shape index (κ2) is 4.85. The zero-order valence-electron chi connectivity index (χ0n) is 12.9. The summed E-state index contributed by atoms with van der Waals surface area (Å²) in [6.07, 6.45) is 0. The molecule has 0 bridgehead atoms. The van der Waals surface area contributed by atoms with Gasteiger partial charge in [-0.3, -0.25) is 0 Å². The number of aromatic hydroxyl groups is 1. The average molecular weight is 280 g/mol. The summed E-state index contributed by atoms with van der Waals surface area (Å²) in [5.74, 6) is 0.308. The Bertz CT molecular complexity index is 705. The highest BCUT2D eigenvalue weighted by molar-refractivity contribution is 5.61. The Labute approximate surface area is 125 Å². The fourth-order valence-electron chi connectivity index (χ4n) is 2.98. The molecule has 3 nitrogen and oxygen atoms in total. The lowest BCUT2D eigenvalue weighted by molar-refractivity contribution is 0.468. The molecular formula is C18H20N2O. The van der Waals surface area contributed by atoms with E-state index in [2.05, 4.69) is 33.4 Å². The third-order valence-corrected chi connectivity index (χ3v) is 4.02. The van der Waals surface area contributed by atoms with E-state index in [1.165, 1.54) is 0 Å². The number of phenols is 1. The highest BCUT2D eigenvalue weighted by atomic mass is 16.3. The van der Waals surface area contributed by atoms with Gasteiger partial charge in [-0.25, -0.2) is 0 Å². The summed E-state index contributed by atoms with van der Waals surface area (Å²) in [7, 11) is 0. The van der Waals surface area contributed by atoms with Gasteiger partial charge in [-0.15, -0.1) is 0 Å². The summed E-state index contributed by atoms with van der Waals surface area (Å²) in [5.41, 5.74) is 6.09. The van der Waals surface area contributed by atoms with E-state index in [0.29, 0.717) is 5.75 Å². The third kappa shape index (κ3) is 2.05. The lowest BCUT2D eigenvalue weighted by Gasteiger charge is -2.17. The van der Waals surface area contributed by atoms with E-state index in [1.807, 2.05) is 45.9 Å². The molecule has 0 fully saturated rings. The number of hydrogen-bond acceptors (Lipinski definition) is 1. The summed E-state index contributed by atoms with van der Waals surface area (Å²) < 4.78 is 4.15. The van der Waals surface area contributed by atoms with Gasteiger partial charge in [0.25, 0.3) is 0 Å². The molecule has 1 aromatic carbocycles. The molecule has 2 heterocycles. The van der Waals surface area contributed by atoms with Crippen LogP contribution in [-0.4, -0.2) is 14.2 Å². The molecule has 21 heavy (non-hydrogen) atoms. The quantitative estimate of drug-likeness (QED) is 0.749. The third-order valence-electron chi connectivity index (χ3n) is 4.02. The number of aromatic nitrogens is 2. The van der Waals surface area contributed by atoms with Crippen molar-refractivity contribution in [3.05, 3.63) is 65.2 Å². The van der Waals surface area contributed by atoms with Crippen molar-refractivity contribution in [2.75, 3.05) is 0 Å². The second-order valence-electron chi connectivity index (χ2n) is 5.55. The smallest absolute Gasteiger partial charge is 0.163 e. The van der Waals surface area contributed by atoms with Crippen LogP contribution >= 0.6 is 0 Å². The fourth-order valence-corrected chi connectivity index (χ4v) is 2.98. The molecule has 0 atom stereocenters. The number of nitrogens with zero attached hydrogens (tertiary/aromatic N) is 2. The topological polar surface area (TPSA) is 30.1 Å². The highest BCUT2D eigenvalue weighted by Crippen LogP contribution is 2.32. The van der Waals surface area contributed by atoms with Gasteiger partial charge < -0.3 is 14.2 Å². The van der Waals surface area contributed by atoms with Crippen LogP contribution in [0.1, 0.15) is 22.8 Å². The molecule has 1 N–H and O–H groups in total. The molecule has 0 aliphatic heterocycles. The summed E-state index contributed by atoms with van der Waals surface area (Å²) in [6, 6.07) is 14.1. The molecule has 0 saturated carbocycles. The van der Waals surface area contributed by atoms with Crippen LogP contribution in [0.2, 0.25) is 0 Å². The van der Waals surface area contributed by atoms with Crippen molar-refractivity contribution < 1.29 is 5.11 Å². The molecule has 0 amide bonds. The predicted molar refractivity (Wildman–Crippen MR) is 85.7 cm³/mol. The molecule has 0 saturated heterocycles. The van der Waals surface area contributed by atoms with Gasteiger partial charge in [0.15, 0.2) is 5.75 Å². The van der Waals surface area contributed by atoms with Crippen LogP contribution in [-0.2, 0) is 0 Å². The minimum absolute atomic E-state index is 0.308. The molecule has 108 valence electrons. The van der Waals surface area contributed by atoms with Crippen LogP contribution in [0.5, 0.6) is 5.75 Å². The van der Waals surface area contributed by atoms with Gasteiger partial charge in [-0.05, 0) is 64.1 Å². The first kappa shape index (κ1) is 13.6. The van der Waals surface area contributed by atoms with Gasteiger partial charge in [0.1, 0.15) is 0 Å². The molecule has 3 heteroatoms. The molecule has 3 aromatic rings. The summed E-state index contributed by atoms with van der Waals surface area (Å²) >= 11 is 0. The van der Waals surface area contributed by atoms with E-state index in [1.54, 1.807) is 0 Å². The summed E-state index contributed by atoms with van der Waals surface area (Å²) in [4.78, 5) is 0. The van der Waals surface area contributed by atoms with Crippen molar-refractivity contribution in [3.8, 4) is 17.1 Å². The highest BCUT2D eigenvalue weighted by Gasteiger charge is 2.14. The Hall–Kier alpha value is -2.42. The van der Waals surface area contributed by atoms with E-state index < -0.39 is 0 Å². The van der Waals surface area contributed by atoms with E-state index in [0.717, 1.165) is 34.2 Å². The van der Waals surface area contributed by atoms with Crippen LogP contribution in [0.25, 0.3) is 11.4 Å². The van der Waals surface area contributed by atoms with Gasteiger partial charge in [0.2, 0.25) is 0 Å². The monoisotopic (exact) mass is 280 g/mol. The Morgan fingerprint density at radius 3 is 1.29 bits per heavy atom. The maximum Gasteiger partial charge on any atom is 0.163 e. The molecule has 2 aromatic heterocycles. The molecular weight excluding hydrogens is 260 g/mol. The van der Waals surface area contributed by atoms with Crippen molar-refractivity contribution in [1.82, 2.24) is 9.13 Å². The zero-order valence-corrected chi connectivity index (χ0v) is 12.9. The Morgan fingerprint density at radius 1 is 0.619 bits per heavy atom. The van der Waals surface area contributed by atoms with Crippen LogP contribution in [0.3, 0.4) is 0 Å². The maximum absolute atomic E-state index is 10.8. The fraction of sp³-hybridized carbons (Fsp3) is 0.222. The van der Waals surface area contributed by atoms with Crippen LogP contribution in [0, 0.1) is 27.7 Å². The lowest BCUT2D eigenvalue weighted by atomic mass is 10.2. The van der Waals surface area contributed by atoms with Crippen molar-refractivity contribution in [3.63, 3.8) is 0 Å². The van der Waals surface area contributed by atoms with Crippen LogP contribution in [0.15, 0.2) is 42.5 Å². The van der Waals surface area contributed by atoms with Crippen molar-refractivity contribution in [1.29, 1.82) is 0 Å². The zero-order chi connectivity index (χ0) is 15.1. The van der Waals surface area contributed by atoms with Gasteiger partial charge in [0, 0.05) is 22.8 Å². The second-order valence-corrected chi connectivity index (χ2v) is 5.55. The Balaban J connectivity index is 2.26. The number of rotatable bonds is 2. The molecule has 0 spiro atoms. The molecule has 0 aliphatic rings. The van der Waals surface area contributed by atoms with E-state index in [4.69, 9.17) is 0 Å². The van der Waals surface area contributed by atoms with E-state index >= 15 is 0 Å². The molecule has 0 aliphatic carbocycles. The predicted octanol–water partition coefficient (Wildman–Crippen LogP) is 4.21. The molecule has 3 rings (SSSR count). The Kier molecular flexibility index (Phi) is 3.13. The van der Waals surface area contributed by atoms with Gasteiger partial charge in [-0.2, -0.15) is 0 Å². The SMILES string of the molecule is Cc1ccc(C)n1-c1cccc(-n2c(C)ccc2C)c1O. The number of phenolic OH excluding ortho intramolecular Hbond substituents is 1. The van der Waals surface area contributed by atoms with Gasteiger partial charge in [0.05, 0.1) is 11.4 Å². The average Bonchev–Trinajstić information content (AvgIpc) is 2.95. The summed E-state index contributed by atoms with van der Waals surface area (Å²) in [6.45, 7) is 8.19. The van der Waals surface area contributed by atoms with E-state index in [-0.39, 0.29) is 0 Å². The molecule has 0 unspecified atom stereocenters. The maximum atomic E-state index is 10.8. The number of para-hydroxylation sites is 1. The van der Waals surface area contributed by atoms with Crippen molar-refractivity contribution in [2.45, 2.75) is 27.7 Å². The first-order valence-corrected chi connectivity index (χ1v) is 7.13. The van der Waals surface area contributed by atoms with Crippen LogP contribution < -0.4 is 0 Å². The van der Waals surface area contributed by atoms with Gasteiger partial charge >= 0.3 is 0 Å². The first-order valence-electron chi connectivity index (χ1n) is 7.13. The van der Waals surface area contributed by atoms with E-state index in [9.17, 15) is 5.11 Å². The normalized spacial score (nSPS) is 11.0. The van der Waals surface area contributed by atoms with Crippen molar-refractivity contribution in [2.24, 2.45) is 0 Å². The lowest BCUT2D eigenvalue weighted by Crippen LogP contribution is -2.04. The number of aryl methyl sites for hydroxylation is 4.